The van der Waals surface area contributed by atoms with Crippen molar-refractivity contribution in [3.05, 3.63) is 60.0 Å². The fourth-order valence-electron chi connectivity index (χ4n) is 3.97. The van der Waals surface area contributed by atoms with Crippen LogP contribution >= 0.6 is 0 Å². The second kappa shape index (κ2) is 8.75. The maximum absolute atomic E-state index is 13.3. The zero-order chi connectivity index (χ0) is 23.8. The van der Waals surface area contributed by atoms with E-state index in [9.17, 15) is 26.4 Å². The SMILES string of the molecule is CC(NC(=O)C1CCN(S(=O)(=O)c2ccccc2C(F)(F)F)CC1)c1nnc2ccccn12. The quantitative estimate of drug-likeness (QED) is 0.604. The molecule has 0 saturated carbocycles. The lowest BCUT2D eigenvalue weighted by Crippen LogP contribution is -2.43. The van der Waals surface area contributed by atoms with Crippen molar-refractivity contribution < 1.29 is 26.4 Å². The molecule has 4 rings (SSSR count). The van der Waals surface area contributed by atoms with Gasteiger partial charge in [-0.1, -0.05) is 18.2 Å². The van der Waals surface area contributed by atoms with Crippen LogP contribution in [0.5, 0.6) is 0 Å². The Kier molecular flexibility index (Phi) is 6.14. The highest BCUT2D eigenvalue weighted by Crippen LogP contribution is 2.36. The topological polar surface area (TPSA) is 96.7 Å². The molecule has 1 atom stereocenters. The summed E-state index contributed by atoms with van der Waals surface area (Å²) >= 11 is 0. The van der Waals surface area contributed by atoms with E-state index in [1.54, 1.807) is 23.6 Å². The smallest absolute Gasteiger partial charge is 0.346 e. The van der Waals surface area contributed by atoms with Crippen molar-refractivity contribution in [2.45, 2.75) is 36.9 Å². The van der Waals surface area contributed by atoms with Crippen LogP contribution in [-0.2, 0) is 21.0 Å². The van der Waals surface area contributed by atoms with Crippen LogP contribution < -0.4 is 5.32 Å². The standard InChI is InChI=1S/C21H22F3N5O3S/c1-14(19-27-26-18-8-4-5-11-29(18)19)25-20(30)15-9-12-28(13-10-15)33(31,32)17-7-3-2-6-16(17)21(22,23)24/h2-8,11,14-15H,9-10,12-13H2,1H3,(H,25,30). The molecule has 3 aromatic rings. The van der Waals surface area contributed by atoms with E-state index in [1.807, 2.05) is 12.1 Å². The van der Waals surface area contributed by atoms with Crippen molar-refractivity contribution in [1.82, 2.24) is 24.2 Å². The Hall–Kier alpha value is -2.99. The lowest BCUT2D eigenvalue weighted by molar-refractivity contribution is -0.139. The van der Waals surface area contributed by atoms with Gasteiger partial charge < -0.3 is 5.32 Å². The van der Waals surface area contributed by atoms with E-state index in [0.29, 0.717) is 11.5 Å². The van der Waals surface area contributed by atoms with Gasteiger partial charge in [0.05, 0.1) is 16.5 Å². The van der Waals surface area contributed by atoms with E-state index in [2.05, 4.69) is 15.5 Å². The third-order valence-electron chi connectivity index (χ3n) is 5.72. The number of nitrogens with one attached hydrogen (secondary N) is 1. The van der Waals surface area contributed by atoms with Crippen LogP contribution in [0.25, 0.3) is 5.65 Å². The van der Waals surface area contributed by atoms with Gasteiger partial charge in [0.15, 0.2) is 11.5 Å². The van der Waals surface area contributed by atoms with Crippen molar-refractivity contribution in [2.24, 2.45) is 5.92 Å². The van der Waals surface area contributed by atoms with E-state index >= 15 is 0 Å². The van der Waals surface area contributed by atoms with Gasteiger partial charge in [-0.25, -0.2) is 8.42 Å². The van der Waals surface area contributed by atoms with E-state index in [4.69, 9.17) is 0 Å². The van der Waals surface area contributed by atoms with Crippen LogP contribution in [0, 0.1) is 5.92 Å². The second-order valence-corrected chi connectivity index (χ2v) is 9.80. The summed E-state index contributed by atoms with van der Waals surface area (Å²) in [5.74, 6) is -0.165. The highest BCUT2D eigenvalue weighted by atomic mass is 32.2. The van der Waals surface area contributed by atoms with Gasteiger partial charge in [-0.15, -0.1) is 10.2 Å². The summed E-state index contributed by atoms with van der Waals surface area (Å²) in [6, 6.07) is 9.13. The van der Waals surface area contributed by atoms with Crippen LogP contribution in [0.2, 0.25) is 0 Å². The zero-order valence-corrected chi connectivity index (χ0v) is 18.5. The molecule has 1 saturated heterocycles. The molecule has 0 bridgehead atoms. The Morgan fingerprint density at radius 1 is 1.09 bits per heavy atom. The second-order valence-electron chi connectivity index (χ2n) is 7.89. The van der Waals surface area contributed by atoms with Gasteiger partial charge in [0.1, 0.15) is 0 Å². The molecular formula is C21H22F3N5O3S. The third kappa shape index (κ3) is 4.58. The molecule has 1 amide bonds. The van der Waals surface area contributed by atoms with Gasteiger partial charge >= 0.3 is 6.18 Å². The number of pyridine rings is 1. The molecule has 2 aromatic heterocycles. The molecule has 3 heterocycles. The molecule has 1 fully saturated rings. The first-order valence-corrected chi connectivity index (χ1v) is 11.8. The van der Waals surface area contributed by atoms with Crippen LogP contribution in [-0.4, -0.2) is 46.3 Å². The molecule has 1 N–H and O–H groups in total. The van der Waals surface area contributed by atoms with E-state index in [0.717, 1.165) is 22.5 Å². The number of aromatic nitrogens is 3. The molecule has 176 valence electrons. The number of hydrogen-bond donors (Lipinski definition) is 1. The number of hydrogen-bond acceptors (Lipinski definition) is 5. The van der Waals surface area contributed by atoms with Crippen molar-refractivity contribution in [2.75, 3.05) is 13.1 Å². The largest absolute Gasteiger partial charge is 0.417 e. The summed E-state index contributed by atoms with van der Waals surface area (Å²) in [5.41, 5.74) is -0.550. The van der Waals surface area contributed by atoms with Crippen molar-refractivity contribution in [3.63, 3.8) is 0 Å². The minimum Gasteiger partial charge on any atom is -0.346 e. The molecule has 0 radical (unpaired) electrons. The van der Waals surface area contributed by atoms with Crippen LogP contribution in [0.1, 0.15) is 37.2 Å². The van der Waals surface area contributed by atoms with Crippen molar-refractivity contribution >= 4 is 21.6 Å². The number of carbonyl (C=O) groups is 1. The van der Waals surface area contributed by atoms with Gasteiger partial charge in [0.25, 0.3) is 0 Å². The number of carbonyl (C=O) groups excluding carboxylic acids is 1. The average molecular weight is 482 g/mol. The number of alkyl halides is 3. The summed E-state index contributed by atoms with van der Waals surface area (Å²) in [6.07, 6.45) is -2.60. The monoisotopic (exact) mass is 481 g/mol. The fourth-order valence-corrected chi connectivity index (χ4v) is 5.66. The first-order valence-electron chi connectivity index (χ1n) is 10.4. The summed E-state index contributed by atoms with van der Waals surface area (Å²) in [4.78, 5) is 12.0. The van der Waals surface area contributed by atoms with Gasteiger partial charge in [0, 0.05) is 25.2 Å². The molecule has 0 aliphatic carbocycles. The summed E-state index contributed by atoms with van der Waals surface area (Å²) in [7, 11) is -4.35. The van der Waals surface area contributed by atoms with Gasteiger partial charge in [-0.3, -0.25) is 9.20 Å². The molecular weight excluding hydrogens is 459 g/mol. The zero-order valence-electron chi connectivity index (χ0n) is 17.7. The molecule has 12 heteroatoms. The summed E-state index contributed by atoms with van der Waals surface area (Å²) < 4.78 is 68.5. The summed E-state index contributed by atoms with van der Waals surface area (Å²) in [5, 5.41) is 11.1. The Balaban J connectivity index is 1.42. The minimum absolute atomic E-state index is 0.0468. The lowest BCUT2D eigenvalue weighted by atomic mass is 9.97. The number of amides is 1. The molecule has 1 unspecified atom stereocenters. The Morgan fingerprint density at radius 3 is 2.45 bits per heavy atom. The maximum Gasteiger partial charge on any atom is 0.417 e. The molecule has 0 spiro atoms. The number of piperidine rings is 1. The highest BCUT2D eigenvalue weighted by molar-refractivity contribution is 7.89. The lowest BCUT2D eigenvalue weighted by Gasteiger charge is -2.31. The van der Waals surface area contributed by atoms with Crippen LogP contribution in [0.3, 0.4) is 0 Å². The van der Waals surface area contributed by atoms with E-state index in [-0.39, 0.29) is 31.8 Å². The molecule has 8 nitrogen and oxygen atoms in total. The Morgan fingerprint density at radius 2 is 1.76 bits per heavy atom. The van der Waals surface area contributed by atoms with Crippen LogP contribution in [0.4, 0.5) is 13.2 Å². The first-order chi connectivity index (χ1) is 15.6. The van der Waals surface area contributed by atoms with Crippen LogP contribution in [0.15, 0.2) is 53.6 Å². The predicted molar refractivity (Wildman–Crippen MR) is 112 cm³/mol. The molecule has 1 aromatic carbocycles. The van der Waals surface area contributed by atoms with Crippen molar-refractivity contribution in [3.8, 4) is 0 Å². The predicted octanol–water partition coefficient (Wildman–Crippen LogP) is 3.03. The normalized spacial score (nSPS) is 17.2. The fraction of sp³-hybridized carbons (Fsp3) is 0.381. The van der Waals surface area contributed by atoms with Gasteiger partial charge in [-0.05, 0) is 44.0 Å². The third-order valence-corrected chi connectivity index (χ3v) is 7.68. The number of sulfonamides is 1. The number of halogens is 3. The molecule has 1 aliphatic rings. The Bertz CT molecular complexity index is 1270. The number of fused-ring (bicyclic) bond motifs is 1. The minimum atomic E-state index is -4.79. The molecule has 33 heavy (non-hydrogen) atoms. The van der Waals surface area contributed by atoms with Gasteiger partial charge in [0.2, 0.25) is 15.9 Å². The highest BCUT2D eigenvalue weighted by Gasteiger charge is 2.40. The Labute approximate surface area is 188 Å². The number of nitrogens with zero attached hydrogens (tertiary/aromatic N) is 4. The first kappa shape index (κ1) is 23.2. The van der Waals surface area contributed by atoms with Crippen molar-refractivity contribution in [1.29, 1.82) is 0 Å². The average Bonchev–Trinajstić information content (AvgIpc) is 3.23. The maximum atomic E-state index is 13.3. The van der Waals surface area contributed by atoms with E-state index in [1.165, 1.54) is 6.07 Å². The summed E-state index contributed by atoms with van der Waals surface area (Å²) in [6.45, 7) is 1.68. The van der Waals surface area contributed by atoms with Gasteiger partial charge in [-0.2, -0.15) is 17.5 Å². The number of benzene rings is 1. The molecule has 1 aliphatic heterocycles. The van der Waals surface area contributed by atoms with E-state index < -0.39 is 38.6 Å². The number of rotatable bonds is 5.